The number of hydrogen-bond acceptors (Lipinski definition) is 6. The van der Waals surface area contributed by atoms with Gasteiger partial charge in [-0.3, -0.25) is 0 Å². The normalized spacial score (nSPS) is 11.4. The van der Waals surface area contributed by atoms with Crippen molar-refractivity contribution < 1.29 is 16.8 Å². The molecule has 2 aromatic carbocycles. The molecular weight excluding hydrogens is 364 g/mol. The molecule has 8 nitrogen and oxygen atoms in total. The van der Waals surface area contributed by atoms with Crippen LogP contribution in [-0.4, -0.2) is 16.8 Å². The highest BCUT2D eigenvalue weighted by molar-refractivity contribution is 7.89. The number of hydrogen-bond donors (Lipinski definition) is 4. The predicted molar refractivity (Wildman–Crippen MR) is 89.5 cm³/mol. The summed E-state index contributed by atoms with van der Waals surface area (Å²) in [4.78, 5) is 0.0356. The summed E-state index contributed by atoms with van der Waals surface area (Å²) in [7, 11) is -7.26. The summed E-state index contributed by atoms with van der Waals surface area (Å²) in [5, 5.41) is 9.87. The number of nitrogen functional groups attached to an aromatic ring is 2. The van der Waals surface area contributed by atoms with Crippen molar-refractivity contribution in [3.63, 3.8) is 0 Å². The Morgan fingerprint density at radius 1 is 0.739 bits per heavy atom. The summed E-state index contributed by atoms with van der Waals surface area (Å²) < 4.78 is 42.9. The fraction of sp³-hybridized carbons (Fsp3) is 0. The van der Waals surface area contributed by atoms with E-state index in [4.69, 9.17) is 33.3 Å². The summed E-state index contributed by atoms with van der Waals surface area (Å²) in [6, 6.07) is 9.61. The minimum absolute atomic E-state index is 0.0401. The zero-order chi connectivity index (χ0) is 17.8. The third-order valence-electron chi connectivity index (χ3n) is 2.51. The average Bonchev–Trinajstić information content (AvgIpc) is 2.41. The van der Waals surface area contributed by atoms with Crippen molar-refractivity contribution in [2.24, 2.45) is 10.3 Å². The van der Waals surface area contributed by atoms with Gasteiger partial charge in [-0.15, -0.1) is 0 Å². The van der Waals surface area contributed by atoms with Crippen molar-refractivity contribution in [2.75, 3.05) is 11.5 Å². The lowest BCUT2D eigenvalue weighted by molar-refractivity contribution is 0.596. The maximum absolute atomic E-state index is 10.8. The maximum Gasteiger partial charge on any atom is 0.238 e. The Labute approximate surface area is 139 Å². The number of sulfonamides is 2. The molecule has 0 fully saturated rings. The van der Waals surface area contributed by atoms with Gasteiger partial charge in [0.2, 0.25) is 20.0 Å². The van der Waals surface area contributed by atoms with Crippen LogP contribution in [0.2, 0.25) is 5.02 Å². The second-order valence-electron chi connectivity index (χ2n) is 4.34. The highest BCUT2D eigenvalue weighted by Crippen LogP contribution is 2.21. The molecule has 0 radical (unpaired) electrons. The van der Waals surface area contributed by atoms with E-state index in [2.05, 4.69) is 0 Å². The fourth-order valence-corrected chi connectivity index (χ4v) is 2.64. The van der Waals surface area contributed by atoms with Gasteiger partial charge >= 0.3 is 0 Å². The average molecular weight is 379 g/mol. The molecule has 0 atom stereocenters. The summed E-state index contributed by atoms with van der Waals surface area (Å²) in [6.45, 7) is 0. The molecule has 0 aromatic heterocycles. The van der Waals surface area contributed by atoms with Gasteiger partial charge in [0.15, 0.2) is 0 Å². The highest BCUT2D eigenvalue weighted by atomic mass is 35.5. The third kappa shape index (κ3) is 6.04. The predicted octanol–water partition coefficient (Wildman–Crippen LogP) is 0.486. The second kappa shape index (κ2) is 7.15. The van der Waals surface area contributed by atoms with Crippen molar-refractivity contribution in [2.45, 2.75) is 9.79 Å². The molecule has 0 spiro atoms. The zero-order valence-electron chi connectivity index (χ0n) is 11.7. The fourth-order valence-electron chi connectivity index (χ4n) is 1.34. The minimum atomic E-state index is -3.68. The Kier molecular flexibility index (Phi) is 5.97. The second-order valence-corrected chi connectivity index (χ2v) is 7.87. The van der Waals surface area contributed by atoms with E-state index in [0.29, 0.717) is 11.4 Å². The smallest absolute Gasteiger partial charge is 0.238 e. The van der Waals surface area contributed by atoms with Gasteiger partial charge in [-0.2, -0.15) is 0 Å². The molecule has 126 valence electrons. The van der Waals surface area contributed by atoms with E-state index in [1.165, 1.54) is 42.5 Å². The first kappa shape index (κ1) is 19.2. The van der Waals surface area contributed by atoms with E-state index < -0.39 is 20.0 Å². The molecule has 0 aliphatic heterocycles. The molecule has 0 aliphatic rings. The first-order chi connectivity index (χ1) is 10.4. The molecular formula is C12H15ClN4O4S2. The first-order valence-corrected chi connectivity index (χ1v) is 9.34. The lowest BCUT2D eigenvalue weighted by Gasteiger charge is -2.00. The molecule has 0 saturated carbocycles. The van der Waals surface area contributed by atoms with Gasteiger partial charge in [0, 0.05) is 5.69 Å². The summed E-state index contributed by atoms with van der Waals surface area (Å²) >= 11 is 5.57. The lowest BCUT2D eigenvalue weighted by Crippen LogP contribution is -2.12. The van der Waals surface area contributed by atoms with Crippen molar-refractivity contribution in [1.82, 2.24) is 0 Å². The minimum Gasteiger partial charge on any atom is -0.399 e. The van der Waals surface area contributed by atoms with Crippen LogP contribution in [-0.2, 0) is 20.0 Å². The zero-order valence-corrected chi connectivity index (χ0v) is 14.1. The van der Waals surface area contributed by atoms with Gasteiger partial charge < -0.3 is 11.5 Å². The Hall–Kier alpha value is -1.85. The topological polar surface area (TPSA) is 172 Å². The number of primary sulfonamides is 2. The van der Waals surface area contributed by atoms with Crippen LogP contribution in [0.5, 0.6) is 0 Å². The number of halogens is 1. The molecule has 0 bridgehead atoms. The van der Waals surface area contributed by atoms with Gasteiger partial charge in [-0.05, 0) is 42.5 Å². The van der Waals surface area contributed by atoms with E-state index in [-0.39, 0.29) is 14.8 Å². The van der Waals surface area contributed by atoms with Gasteiger partial charge in [0.1, 0.15) is 0 Å². The first-order valence-electron chi connectivity index (χ1n) is 5.87. The monoisotopic (exact) mass is 378 g/mol. The number of anilines is 2. The lowest BCUT2D eigenvalue weighted by atomic mass is 10.3. The van der Waals surface area contributed by atoms with E-state index in [1.807, 2.05) is 0 Å². The SMILES string of the molecule is Nc1ccc(S(N)(=O)=O)cc1.Nc1ccc(S(N)(=O)=O)cc1Cl. The van der Waals surface area contributed by atoms with Gasteiger partial charge in [0.05, 0.1) is 20.5 Å². The van der Waals surface area contributed by atoms with Crippen LogP contribution in [0.1, 0.15) is 0 Å². The summed E-state index contributed by atoms with van der Waals surface area (Å²) in [5.41, 5.74) is 11.5. The molecule has 0 amide bonds. The van der Waals surface area contributed by atoms with Crippen molar-refractivity contribution in [3.8, 4) is 0 Å². The quantitative estimate of drug-likeness (QED) is 0.553. The van der Waals surface area contributed by atoms with Crippen LogP contribution in [0.15, 0.2) is 52.3 Å². The molecule has 8 N–H and O–H groups in total. The largest absolute Gasteiger partial charge is 0.399 e. The van der Waals surface area contributed by atoms with Gasteiger partial charge in [-0.1, -0.05) is 11.6 Å². The Balaban J connectivity index is 0.000000231. The maximum atomic E-state index is 10.8. The molecule has 0 heterocycles. The molecule has 2 aromatic rings. The van der Waals surface area contributed by atoms with E-state index in [0.717, 1.165) is 0 Å². The highest BCUT2D eigenvalue weighted by Gasteiger charge is 2.08. The Morgan fingerprint density at radius 2 is 1.17 bits per heavy atom. The third-order valence-corrected chi connectivity index (χ3v) is 4.68. The molecule has 0 aliphatic carbocycles. The Bertz CT molecular complexity index is 897. The number of nitrogens with two attached hydrogens (primary N) is 4. The number of rotatable bonds is 2. The molecule has 0 saturated heterocycles. The van der Waals surface area contributed by atoms with E-state index in [9.17, 15) is 16.8 Å². The van der Waals surface area contributed by atoms with E-state index in [1.54, 1.807) is 0 Å². The van der Waals surface area contributed by atoms with Crippen LogP contribution in [0.25, 0.3) is 0 Å². The van der Waals surface area contributed by atoms with Crippen LogP contribution in [0, 0.1) is 0 Å². The van der Waals surface area contributed by atoms with Crippen molar-refractivity contribution >= 4 is 43.0 Å². The van der Waals surface area contributed by atoms with Crippen LogP contribution >= 0.6 is 11.6 Å². The summed E-state index contributed by atoms with van der Waals surface area (Å²) in [6.07, 6.45) is 0. The molecule has 23 heavy (non-hydrogen) atoms. The van der Waals surface area contributed by atoms with Gasteiger partial charge in [0.25, 0.3) is 0 Å². The molecule has 11 heteroatoms. The van der Waals surface area contributed by atoms with Crippen molar-refractivity contribution in [1.29, 1.82) is 0 Å². The van der Waals surface area contributed by atoms with Gasteiger partial charge in [-0.25, -0.2) is 27.1 Å². The molecule has 2 rings (SSSR count). The number of benzene rings is 2. The van der Waals surface area contributed by atoms with Crippen molar-refractivity contribution in [3.05, 3.63) is 47.5 Å². The van der Waals surface area contributed by atoms with Crippen LogP contribution < -0.4 is 21.7 Å². The van der Waals surface area contributed by atoms with E-state index >= 15 is 0 Å². The summed E-state index contributed by atoms with van der Waals surface area (Å²) in [5.74, 6) is 0. The molecule has 0 unspecified atom stereocenters. The Morgan fingerprint density at radius 3 is 1.57 bits per heavy atom. The van der Waals surface area contributed by atoms with Crippen LogP contribution in [0.3, 0.4) is 0 Å². The van der Waals surface area contributed by atoms with Crippen LogP contribution in [0.4, 0.5) is 11.4 Å². The standard InChI is InChI=1S/C6H7ClN2O2S.C6H8N2O2S/c7-5-3-4(12(9,10)11)1-2-6(5)8;7-5-1-3-6(4-2-5)11(8,9)10/h1-3H,8H2,(H2,9,10,11);1-4H,7H2,(H2,8,9,10).